The summed E-state index contributed by atoms with van der Waals surface area (Å²) in [6, 6.07) is 11.5. The maximum Gasteiger partial charge on any atom is 0.256 e. The number of furan rings is 1. The van der Waals surface area contributed by atoms with E-state index in [4.69, 9.17) is 28.2 Å². The zero-order chi connectivity index (χ0) is 17.4. The average Bonchev–Trinajstić information content (AvgIpc) is 3.04. The summed E-state index contributed by atoms with van der Waals surface area (Å²) < 4.78 is 6.34. The van der Waals surface area contributed by atoms with E-state index in [0.717, 1.165) is 41.3 Å². The van der Waals surface area contributed by atoms with Gasteiger partial charge in [0.25, 0.3) is 5.56 Å². The normalized spacial score (nSPS) is 14.4. The molecule has 1 aliphatic rings. The first-order valence-electron chi connectivity index (χ1n) is 8.00. The lowest BCUT2D eigenvalue weighted by atomic mass is 10.1. The predicted octanol–water partition coefficient (Wildman–Crippen LogP) is 3.90. The summed E-state index contributed by atoms with van der Waals surface area (Å²) in [5, 5.41) is 0.680. The van der Waals surface area contributed by atoms with Gasteiger partial charge < -0.3 is 9.40 Å². The topological polar surface area (TPSA) is 65.0 Å². The van der Waals surface area contributed by atoms with Gasteiger partial charge >= 0.3 is 0 Å². The van der Waals surface area contributed by atoms with Crippen LogP contribution < -0.4 is 5.56 Å². The van der Waals surface area contributed by atoms with Crippen molar-refractivity contribution in [3.05, 3.63) is 73.6 Å². The van der Waals surface area contributed by atoms with Gasteiger partial charge in [-0.25, -0.2) is 0 Å². The van der Waals surface area contributed by atoms with Crippen LogP contribution in [0.3, 0.4) is 0 Å². The molecular weight excluding hydrogens is 358 g/mol. The van der Waals surface area contributed by atoms with Crippen molar-refractivity contribution in [2.24, 2.45) is 0 Å². The average molecular weight is 374 g/mol. The molecule has 1 aromatic carbocycles. The van der Waals surface area contributed by atoms with Gasteiger partial charge in [0.1, 0.15) is 11.5 Å². The van der Waals surface area contributed by atoms with E-state index >= 15 is 0 Å². The fourth-order valence-corrected chi connectivity index (χ4v) is 3.53. The Hall–Kier alpha value is -2.15. The van der Waals surface area contributed by atoms with Crippen LogP contribution in [0.2, 0.25) is 5.02 Å². The quantitative estimate of drug-likeness (QED) is 0.683. The highest BCUT2D eigenvalue weighted by atomic mass is 35.5. The smallest absolute Gasteiger partial charge is 0.256 e. The molecule has 0 fully saturated rings. The molecule has 2 N–H and O–H groups in total. The van der Waals surface area contributed by atoms with E-state index in [1.54, 1.807) is 0 Å². The molecule has 7 heteroatoms. The summed E-state index contributed by atoms with van der Waals surface area (Å²) in [7, 11) is 0. The highest BCUT2D eigenvalue weighted by Gasteiger charge is 2.20. The van der Waals surface area contributed by atoms with Crippen LogP contribution in [0.25, 0.3) is 11.3 Å². The first kappa shape index (κ1) is 16.3. The minimum atomic E-state index is -0.109. The van der Waals surface area contributed by atoms with Gasteiger partial charge in [-0.3, -0.25) is 14.7 Å². The van der Waals surface area contributed by atoms with Crippen molar-refractivity contribution in [1.82, 2.24) is 14.9 Å². The third kappa shape index (κ3) is 3.46. The fourth-order valence-electron chi connectivity index (χ4n) is 3.13. The molecular formula is C18H16ClN3O2S. The van der Waals surface area contributed by atoms with E-state index in [-0.39, 0.29) is 5.56 Å². The highest BCUT2D eigenvalue weighted by molar-refractivity contribution is 7.71. The number of H-pyrrole nitrogens is 2. The van der Waals surface area contributed by atoms with Crippen LogP contribution in [-0.2, 0) is 19.5 Å². The Morgan fingerprint density at radius 1 is 1.24 bits per heavy atom. The third-order valence-corrected chi connectivity index (χ3v) is 4.78. The molecule has 1 aliphatic heterocycles. The Morgan fingerprint density at radius 2 is 2.12 bits per heavy atom. The van der Waals surface area contributed by atoms with Gasteiger partial charge in [0.05, 0.1) is 12.1 Å². The summed E-state index contributed by atoms with van der Waals surface area (Å²) in [6.45, 7) is 2.06. The van der Waals surface area contributed by atoms with Gasteiger partial charge in [-0.2, -0.15) is 0 Å². The van der Waals surface area contributed by atoms with E-state index in [9.17, 15) is 4.79 Å². The van der Waals surface area contributed by atoms with E-state index in [2.05, 4.69) is 14.9 Å². The minimum Gasteiger partial charge on any atom is -0.460 e. The van der Waals surface area contributed by atoms with E-state index in [1.807, 2.05) is 36.4 Å². The van der Waals surface area contributed by atoms with E-state index < -0.39 is 0 Å². The molecule has 0 spiro atoms. The first-order chi connectivity index (χ1) is 12.1. The second-order valence-corrected chi connectivity index (χ2v) is 6.95. The zero-order valence-electron chi connectivity index (χ0n) is 13.3. The maximum atomic E-state index is 12.1. The number of aromatic amines is 2. The molecule has 0 unspecified atom stereocenters. The molecule has 0 atom stereocenters. The van der Waals surface area contributed by atoms with Crippen LogP contribution in [0, 0.1) is 4.77 Å². The summed E-state index contributed by atoms with van der Waals surface area (Å²) in [5.74, 6) is 1.65. The van der Waals surface area contributed by atoms with Crippen LogP contribution in [0.15, 0.2) is 45.6 Å². The van der Waals surface area contributed by atoms with Crippen LogP contribution in [0.4, 0.5) is 0 Å². The molecule has 0 saturated carbocycles. The largest absolute Gasteiger partial charge is 0.460 e. The van der Waals surface area contributed by atoms with E-state index in [1.165, 1.54) is 0 Å². The Labute approximate surface area is 154 Å². The molecule has 4 rings (SSSR count). The molecule has 3 aromatic rings. The van der Waals surface area contributed by atoms with Crippen molar-refractivity contribution in [3.8, 4) is 11.3 Å². The second kappa shape index (κ2) is 6.63. The molecule has 0 radical (unpaired) electrons. The molecule has 128 valence electrons. The van der Waals surface area contributed by atoms with Gasteiger partial charge in [-0.15, -0.1) is 0 Å². The number of aromatic nitrogens is 2. The molecule has 3 heterocycles. The van der Waals surface area contributed by atoms with Crippen LogP contribution >= 0.6 is 23.8 Å². The number of hydrogen-bond donors (Lipinski definition) is 2. The van der Waals surface area contributed by atoms with Crippen molar-refractivity contribution in [1.29, 1.82) is 0 Å². The standard InChI is InChI=1S/C18H16ClN3O2S/c19-12-3-1-2-11(8-12)16-5-4-13(24-16)9-22-7-6-15-14(10-22)17(23)21-18(25)20-15/h1-5,8H,6-7,9-10H2,(H2,20,21,23,25). The molecule has 25 heavy (non-hydrogen) atoms. The third-order valence-electron chi connectivity index (χ3n) is 4.34. The molecule has 0 aliphatic carbocycles. The molecule has 2 aromatic heterocycles. The number of nitrogens with one attached hydrogen (secondary N) is 2. The Bertz CT molecular complexity index is 1040. The van der Waals surface area contributed by atoms with Crippen molar-refractivity contribution in [2.75, 3.05) is 6.54 Å². The Balaban J connectivity index is 1.52. The SMILES string of the molecule is O=c1[nH]c(=S)[nH]c2c1CN(Cc1ccc(-c3cccc(Cl)c3)o1)CC2. The molecule has 0 amide bonds. The number of nitrogens with zero attached hydrogens (tertiary/aromatic N) is 1. The number of rotatable bonds is 3. The lowest BCUT2D eigenvalue weighted by Gasteiger charge is -2.26. The number of fused-ring (bicyclic) bond motifs is 1. The second-order valence-electron chi connectivity index (χ2n) is 6.10. The van der Waals surface area contributed by atoms with Gasteiger partial charge in [0.2, 0.25) is 0 Å². The van der Waals surface area contributed by atoms with Gasteiger partial charge in [0, 0.05) is 35.8 Å². The van der Waals surface area contributed by atoms with Crippen molar-refractivity contribution >= 4 is 23.8 Å². The van der Waals surface area contributed by atoms with Crippen molar-refractivity contribution in [3.63, 3.8) is 0 Å². The lowest BCUT2D eigenvalue weighted by molar-refractivity contribution is 0.223. The predicted molar refractivity (Wildman–Crippen MR) is 99.2 cm³/mol. The van der Waals surface area contributed by atoms with Crippen LogP contribution in [0.5, 0.6) is 0 Å². The molecule has 5 nitrogen and oxygen atoms in total. The lowest BCUT2D eigenvalue weighted by Crippen LogP contribution is -2.35. The van der Waals surface area contributed by atoms with Crippen molar-refractivity contribution in [2.45, 2.75) is 19.5 Å². The molecule has 0 bridgehead atoms. The number of hydrogen-bond acceptors (Lipinski definition) is 4. The van der Waals surface area contributed by atoms with E-state index in [0.29, 0.717) is 22.9 Å². The highest BCUT2D eigenvalue weighted by Crippen LogP contribution is 2.26. The monoisotopic (exact) mass is 373 g/mol. The maximum absolute atomic E-state index is 12.1. The molecule has 0 saturated heterocycles. The van der Waals surface area contributed by atoms with Crippen LogP contribution in [0.1, 0.15) is 17.0 Å². The van der Waals surface area contributed by atoms with Gasteiger partial charge in [-0.1, -0.05) is 23.7 Å². The number of benzene rings is 1. The Kier molecular flexibility index (Phi) is 4.33. The summed E-state index contributed by atoms with van der Waals surface area (Å²) in [5.41, 5.74) is 2.53. The zero-order valence-corrected chi connectivity index (χ0v) is 14.9. The summed E-state index contributed by atoms with van der Waals surface area (Å²) in [6.07, 6.45) is 0.769. The van der Waals surface area contributed by atoms with Crippen LogP contribution in [-0.4, -0.2) is 21.4 Å². The summed E-state index contributed by atoms with van der Waals surface area (Å²) in [4.78, 5) is 20.0. The Morgan fingerprint density at radius 3 is 2.96 bits per heavy atom. The number of halogens is 1. The fraction of sp³-hybridized carbons (Fsp3) is 0.222. The first-order valence-corrected chi connectivity index (χ1v) is 8.78. The van der Waals surface area contributed by atoms with Gasteiger partial charge in [0.15, 0.2) is 4.77 Å². The minimum absolute atomic E-state index is 0.109. The summed E-state index contributed by atoms with van der Waals surface area (Å²) >= 11 is 11.1. The van der Waals surface area contributed by atoms with Crippen molar-refractivity contribution < 1.29 is 4.42 Å². The van der Waals surface area contributed by atoms with Gasteiger partial charge in [-0.05, 0) is 36.5 Å².